The second-order valence-electron chi connectivity index (χ2n) is 7.44. The van der Waals surface area contributed by atoms with Crippen molar-refractivity contribution in [3.63, 3.8) is 0 Å². The van der Waals surface area contributed by atoms with E-state index in [1.807, 2.05) is 0 Å². The maximum atomic E-state index is 12.6. The third-order valence-corrected chi connectivity index (χ3v) is 6.91. The van der Waals surface area contributed by atoms with Crippen molar-refractivity contribution in [2.24, 2.45) is 5.92 Å². The fraction of sp³-hybridized carbons (Fsp3) is 0.421. The number of sulfone groups is 1. The van der Waals surface area contributed by atoms with Crippen molar-refractivity contribution in [1.82, 2.24) is 14.9 Å². The summed E-state index contributed by atoms with van der Waals surface area (Å²) in [5, 5.41) is 2.72. The average molecular weight is 420 g/mol. The number of aromatic nitrogens is 2. The number of rotatable bonds is 7. The summed E-state index contributed by atoms with van der Waals surface area (Å²) in [5.74, 6) is 0.126. The van der Waals surface area contributed by atoms with E-state index in [1.54, 1.807) is 26.0 Å². The first-order chi connectivity index (χ1) is 13.6. The smallest absolute Gasteiger partial charge is 0.275 e. The largest absolute Gasteiger partial charge is 0.393 e. The lowest BCUT2D eigenvalue weighted by molar-refractivity contribution is -0.121. The number of hydrogen-bond donors (Lipinski definition) is 3. The third kappa shape index (κ3) is 4.76. The van der Waals surface area contributed by atoms with Gasteiger partial charge in [0.1, 0.15) is 18.1 Å². The molecule has 0 radical (unpaired) electrons. The van der Waals surface area contributed by atoms with E-state index in [9.17, 15) is 18.0 Å². The minimum absolute atomic E-state index is 0.00441. The minimum atomic E-state index is -3.63. The van der Waals surface area contributed by atoms with E-state index in [0.717, 1.165) is 18.4 Å². The summed E-state index contributed by atoms with van der Waals surface area (Å²) >= 11 is 0. The number of amides is 1. The van der Waals surface area contributed by atoms with Gasteiger partial charge in [-0.2, -0.15) is 0 Å². The van der Waals surface area contributed by atoms with Crippen molar-refractivity contribution in [2.75, 3.05) is 17.2 Å². The molecule has 1 amide bonds. The maximum absolute atomic E-state index is 12.6. The predicted octanol–water partition coefficient (Wildman–Crippen LogP) is 0.525. The normalized spacial score (nSPS) is 14.0. The molecule has 0 aliphatic heterocycles. The highest BCUT2D eigenvalue weighted by Crippen LogP contribution is 2.33. The number of aryl methyl sites for hydroxylation is 2. The zero-order valence-electron chi connectivity index (χ0n) is 16.4. The Balaban J connectivity index is 1.76. The van der Waals surface area contributed by atoms with E-state index >= 15 is 0 Å². The van der Waals surface area contributed by atoms with Crippen LogP contribution in [0.25, 0.3) is 0 Å². The number of nitrogens with two attached hydrogens (primary N) is 2. The van der Waals surface area contributed by atoms with Gasteiger partial charge < -0.3 is 21.4 Å². The first-order valence-electron chi connectivity index (χ1n) is 9.30. The lowest BCUT2D eigenvalue weighted by atomic mass is 10.2. The summed E-state index contributed by atoms with van der Waals surface area (Å²) in [6.45, 7) is 3.33. The van der Waals surface area contributed by atoms with Gasteiger partial charge in [-0.1, -0.05) is 6.07 Å². The molecule has 2 heterocycles. The van der Waals surface area contributed by atoms with E-state index in [4.69, 9.17) is 11.5 Å². The van der Waals surface area contributed by atoms with Crippen LogP contribution >= 0.6 is 0 Å². The number of carbonyl (C=O) groups is 1. The molecule has 9 nitrogen and oxygen atoms in total. The van der Waals surface area contributed by atoms with E-state index in [2.05, 4.69) is 10.3 Å². The first-order valence-corrected chi connectivity index (χ1v) is 10.9. The van der Waals surface area contributed by atoms with Crippen molar-refractivity contribution in [2.45, 2.75) is 44.7 Å². The Hall–Kier alpha value is -2.88. The molecule has 0 unspecified atom stereocenters. The molecule has 1 aliphatic carbocycles. The summed E-state index contributed by atoms with van der Waals surface area (Å²) in [7, 11) is -3.63. The molecule has 0 atom stereocenters. The van der Waals surface area contributed by atoms with Crippen LogP contribution in [0.5, 0.6) is 0 Å². The lowest BCUT2D eigenvalue weighted by Crippen LogP contribution is -2.35. The van der Waals surface area contributed by atoms with Crippen molar-refractivity contribution in [1.29, 1.82) is 0 Å². The molecule has 0 bridgehead atoms. The molecule has 1 aliphatic rings. The van der Waals surface area contributed by atoms with Crippen LogP contribution in [0.2, 0.25) is 0 Å². The zero-order chi connectivity index (χ0) is 21.3. The number of carbonyl (C=O) groups excluding carboxylic acids is 1. The quantitative estimate of drug-likeness (QED) is 0.592. The molecule has 10 heteroatoms. The van der Waals surface area contributed by atoms with Gasteiger partial charge in [0.15, 0.2) is 9.84 Å². The summed E-state index contributed by atoms with van der Waals surface area (Å²) in [4.78, 5) is 29.0. The number of nitrogens with zero attached hydrogens (tertiary/aromatic N) is 2. The first kappa shape index (κ1) is 20.8. The number of nitrogen functional groups attached to an aromatic ring is 2. The number of nitrogens with one attached hydrogen (secondary N) is 1. The molecule has 0 aromatic carbocycles. The molecule has 1 saturated carbocycles. The Bertz CT molecular complexity index is 1120. The van der Waals surface area contributed by atoms with Gasteiger partial charge in [-0.05, 0) is 50.3 Å². The molecular weight excluding hydrogens is 394 g/mol. The van der Waals surface area contributed by atoms with E-state index < -0.39 is 21.3 Å². The van der Waals surface area contributed by atoms with Gasteiger partial charge in [0.2, 0.25) is 5.91 Å². The molecule has 2 aromatic rings. The Morgan fingerprint density at radius 2 is 1.97 bits per heavy atom. The van der Waals surface area contributed by atoms with Crippen LogP contribution in [0.3, 0.4) is 0 Å². The molecule has 156 valence electrons. The van der Waals surface area contributed by atoms with E-state index in [0.29, 0.717) is 17.2 Å². The summed E-state index contributed by atoms with van der Waals surface area (Å²) in [6.07, 6.45) is 1.75. The molecular formula is C19H25N5O4S. The van der Waals surface area contributed by atoms with Gasteiger partial charge in [0, 0.05) is 17.9 Å². The van der Waals surface area contributed by atoms with Gasteiger partial charge >= 0.3 is 0 Å². The van der Waals surface area contributed by atoms with Crippen LogP contribution in [0.1, 0.15) is 29.8 Å². The van der Waals surface area contributed by atoms with Gasteiger partial charge in [-0.15, -0.1) is 0 Å². The minimum Gasteiger partial charge on any atom is -0.393 e. The highest BCUT2D eigenvalue weighted by atomic mass is 32.2. The standard InChI is InChI=1S/C19H25N5O4S/c1-11-7-15(29(27,28)10-13-3-4-13)18(21)19(26)24(11)9-17(25)22-8-14-5-6-16(20)23-12(14)2/h5-7,13H,3-4,8-10,21H2,1-2H3,(H2,20,23)(H,22,25). The SMILES string of the molecule is Cc1nc(N)ccc1CNC(=O)Cn1c(C)cc(S(=O)(=O)CC2CC2)c(N)c1=O. The van der Waals surface area contributed by atoms with Crippen molar-refractivity contribution >= 4 is 27.2 Å². The van der Waals surface area contributed by atoms with Gasteiger partial charge in [-0.3, -0.25) is 9.59 Å². The molecule has 29 heavy (non-hydrogen) atoms. The van der Waals surface area contributed by atoms with Crippen molar-refractivity contribution in [3.8, 4) is 0 Å². The van der Waals surface area contributed by atoms with Gasteiger partial charge in [0.25, 0.3) is 5.56 Å². The molecule has 3 rings (SSSR count). The summed E-state index contributed by atoms with van der Waals surface area (Å²) < 4.78 is 26.2. The number of hydrogen-bond acceptors (Lipinski definition) is 7. The molecule has 1 fully saturated rings. The highest BCUT2D eigenvalue weighted by Gasteiger charge is 2.31. The van der Waals surface area contributed by atoms with Crippen LogP contribution in [0, 0.1) is 19.8 Å². The Morgan fingerprint density at radius 1 is 1.28 bits per heavy atom. The highest BCUT2D eigenvalue weighted by molar-refractivity contribution is 7.91. The Labute approximate surface area is 169 Å². The number of anilines is 2. The zero-order valence-corrected chi connectivity index (χ0v) is 17.3. The van der Waals surface area contributed by atoms with Crippen LogP contribution in [-0.2, 0) is 27.7 Å². The summed E-state index contributed by atoms with van der Waals surface area (Å²) in [5.41, 5.74) is 12.3. The topological polar surface area (TPSA) is 150 Å². The fourth-order valence-electron chi connectivity index (χ4n) is 3.08. The lowest BCUT2D eigenvalue weighted by Gasteiger charge is -2.15. The molecule has 0 spiro atoms. The average Bonchev–Trinajstić information content (AvgIpc) is 3.44. The van der Waals surface area contributed by atoms with Crippen LogP contribution in [0.15, 0.2) is 27.9 Å². The molecule has 5 N–H and O–H groups in total. The predicted molar refractivity (Wildman–Crippen MR) is 110 cm³/mol. The van der Waals surface area contributed by atoms with E-state index in [1.165, 1.54) is 10.6 Å². The van der Waals surface area contributed by atoms with Crippen LogP contribution < -0.4 is 22.3 Å². The molecule has 0 saturated heterocycles. The Kier molecular flexibility index (Phi) is 5.65. The van der Waals surface area contributed by atoms with E-state index in [-0.39, 0.29) is 35.3 Å². The van der Waals surface area contributed by atoms with Crippen molar-refractivity contribution < 1.29 is 13.2 Å². The third-order valence-electron chi connectivity index (χ3n) is 4.99. The van der Waals surface area contributed by atoms with Gasteiger partial charge in [0.05, 0.1) is 10.6 Å². The van der Waals surface area contributed by atoms with Crippen LogP contribution in [-0.4, -0.2) is 29.6 Å². The van der Waals surface area contributed by atoms with Crippen LogP contribution in [0.4, 0.5) is 11.5 Å². The van der Waals surface area contributed by atoms with Crippen molar-refractivity contribution in [3.05, 3.63) is 45.5 Å². The fourth-order valence-corrected chi connectivity index (χ4v) is 4.99. The monoisotopic (exact) mass is 419 g/mol. The number of pyridine rings is 2. The summed E-state index contributed by atoms with van der Waals surface area (Å²) in [6, 6.07) is 4.79. The maximum Gasteiger partial charge on any atom is 0.275 e. The second kappa shape index (κ2) is 7.86. The molecule has 2 aromatic heterocycles. The Morgan fingerprint density at radius 3 is 2.59 bits per heavy atom. The van der Waals surface area contributed by atoms with Gasteiger partial charge in [-0.25, -0.2) is 13.4 Å². The second-order valence-corrected chi connectivity index (χ2v) is 9.44.